The van der Waals surface area contributed by atoms with Gasteiger partial charge in [-0.2, -0.15) is 0 Å². The first kappa shape index (κ1) is 49.0. The number of benzene rings is 4. The number of hydrogen-bond acceptors (Lipinski definition) is 8. The van der Waals surface area contributed by atoms with Gasteiger partial charge in [-0.05, 0) is 112 Å². The summed E-state index contributed by atoms with van der Waals surface area (Å²) in [5.41, 5.74) is 4.40. The van der Waals surface area contributed by atoms with Crippen molar-refractivity contribution in [3.63, 3.8) is 0 Å². The number of nitrogens with zero attached hydrogens (tertiary/aromatic N) is 2. The van der Waals surface area contributed by atoms with E-state index in [0.717, 1.165) is 42.6 Å². The van der Waals surface area contributed by atoms with Crippen LogP contribution in [-0.4, -0.2) is 82.3 Å². The van der Waals surface area contributed by atoms with E-state index in [4.69, 9.17) is 0 Å². The Labute approximate surface area is 394 Å². The maximum Gasteiger partial charge on any atom is 0.224 e. The van der Waals surface area contributed by atoms with Crippen molar-refractivity contribution in [2.75, 3.05) is 22.9 Å². The van der Waals surface area contributed by atoms with Gasteiger partial charge in [0, 0.05) is 83.3 Å². The lowest BCUT2D eigenvalue weighted by Gasteiger charge is -2.46. The molecule has 64 heavy (non-hydrogen) atoms. The number of amides is 4. The summed E-state index contributed by atoms with van der Waals surface area (Å²) in [7, 11) is 0. The number of hydrogen-bond donors (Lipinski definition) is 6. The van der Waals surface area contributed by atoms with E-state index in [0.29, 0.717) is 25.7 Å². The van der Waals surface area contributed by atoms with Crippen LogP contribution in [-0.2, 0) is 32.0 Å². The number of aliphatic hydroxyl groups is 2. The molecule has 0 saturated carbocycles. The number of carbonyl (C=O) groups excluding carboxylic acids is 4. The fourth-order valence-electron chi connectivity index (χ4n) is 9.52. The van der Waals surface area contributed by atoms with Crippen molar-refractivity contribution in [3.8, 4) is 0 Å². The monoisotopic (exact) mass is 1000 g/mol. The zero-order chi connectivity index (χ0) is 46.3. The molecule has 0 unspecified atom stereocenters. The minimum Gasteiger partial charge on any atom is -0.390 e. The highest BCUT2D eigenvalue weighted by atomic mass is 79.9. The summed E-state index contributed by atoms with van der Waals surface area (Å²) in [5, 5.41) is 36.5. The Morgan fingerprint density at radius 2 is 0.969 bits per heavy atom. The van der Waals surface area contributed by atoms with Crippen molar-refractivity contribution in [2.24, 2.45) is 0 Å². The molecule has 0 aromatic heterocycles. The molecule has 0 aliphatic carbocycles. The van der Waals surface area contributed by atoms with Gasteiger partial charge in [0.05, 0.1) is 24.3 Å². The highest BCUT2D eigenvalue weighted by Crippen LogP contribution is 2.45. The smallest absolute Gasteiger partial charge is 0.224 e. The minimum absolute atomic E-state index is 0.0468. The van der Waals surface area contributed by atoms with Gasteiger partial charge in [0.1, 0.15) is 0 Å². The van der Waals surface area contributed by atoms with Gasteiger partial charge in [-0.1, -0.05) is 92.5 Å². The molecule has 6 N–H and O–H groups in total. The molecule has 2 aliphatic heterocycles. The van der Waals surface area contributed by atoms with E-state index in [1.165, 1.54) is 0 Å². The molecule has 2 aliphatic rings. The van der Waals surface area contributed by atoms with Crippen LogP contribution in [0.4, 0.5) is 11.4 Å². The Morgan fingerprint density at radius 3 is 1.31 bits per heavy atom. The lowest BCUT2D eigenvalue weighted by atomic mass is 9.83. The van der Waals surface area contributed by atoms with Gasteiger partial charge in [0.2, 0.25) is 23.6 Å². The van der Waals surface area contributed by atoms with Crippen LogP contribution in [0.5, 0.6) is 0 Å². The van der Waals surface area contributed by atoms with Gasteiger partial charge >= 0.3 is 0 Å². The van der Waals surface area contributed by atoms with E-state index in [-0.39, 0.29) is 61.6 Å². The fraction of sp³-hybridized carbons (Fsp3) is 0.440. The van der Waals surface area contributed by atoms with Crippen LogP contribution in [0.25, 0.3) is 0 Å². The second-order valence-electron chi connectivity index (χ2n) is 18.4. The average molecular weight is 1000 g/mol. The summed E-state index contributed by atoms with van der Waals surface area (Å²) in [4.78, 5) is 56.5. The van der Waals surface area contributed by atoms with Crippen molar-refractivity contribution in [2.45, 2.75) is 128 Å². The number of halogens is 2. The van der Waals surface area contributed by atoms with Crippen molar-refractivity contribution in [1.29, 1.82) is 0 Å². The van der Waals surface area contributed by atoms with E-state index in [1.54, 1.807) is 13.8 Å². The fourth-order valence-corrected chi connectivity index (χ4v) is 10.3. The molecular formula is C50H62Br2N6O6. The van der Waals surface area contributed by atoms with Gasteiger partial charge in [-0.3, -0.25) is 19.2 Å². The topological polar surface area (TPSA) is 163 Å². The van der Waals surface area contributed by atoms with Crippen LogP contribution in [0.1, 0.15) is 102 Å². The SMILES string of the molecule is CC(=O)N1c2ccc(Br)cc2[C@@H](NC[C@H](O)[C@H](Cc2ccccc2)NC(=O)CCC(=O)N[C@@H](Cc2ccccc2)[C@@H](O)CN[C@@H]2CC(C)(C)N(C(C)=O)c3ccc(Br)cc32)CC1(C)C. The van der Waals surface area contributed by atoms with Crippen molar-refractivity contribution >= 4 is 66.9 Å². The van der Waals surface area contributed by atoms with Crippen LogP contribution in [0, 0.1) is 0 Å². The summed E-state index contributed by atoms with van der Waals surface area (Å²) in [5.74, 6) is -0.859. The molecule has 342 valence electrons. The second-order valence-corrected chi connectivity index (χ2v) is 20.3. The van der Waals surface area contributed by atoms with Crippen molar-refractivity contribution in [3.05, 3.63) is 128 Å². The number of carbonyl (C=O) groups is 4. The third-order valence-corrected chi connectivity index (χ3v) is 13.4. The van der Waals surface area contributed by atoms with Crippen molar-refractivity contribution < 1.29 is 29.4 Å². The zero-order valence-electron chi connectivity index (χ0n) is 37.5. The van der Waals surface area contributed by atoms with Crippen LogP contribution in [0.2, 0.25) is 0 Å². The van der Waals surface area contributed by atoms with Crippen LogP contribution in [0.3, 0.4) is 0 Å². The van der Waals surface area contributed by atoms with E-state index >= 15 is 0 Å². The zero-order valence-corrected chi connectivity index (χ0v) is 40.7. The lowest BCUT2D eigenvalue weighted by Crippen LogP contribution is -2.54. The Morgan fingerprint density at radius 1 is 0.609 bits per heavy atom. The highest BCUT2D eigenvalue weighted by molar-refractivity contribution is 9.10. The predicted octanol–water partition coefficient (Wildman–Crippen LogP) is 7.20. The first-order valence-electron chi connectivity index (χ1n) is 22.0. The summed E-state index contributed by atoms with van der Waals surface area (Å²) in [6, 6.07) is 29.3. The molecule has 12 nitrogen and oxygen atoms in total. The molecule has 2 heterocycles. The van der Waals surface area contributed by atoms with Crippen LogP contribution >= 0.6 is 31.9 Å². The summed E-state index contributed by atoms with van der Waals surface area (Å²) >= 11 is 7.17. The Bertz CT molecular complexity index is 2120. The molecule has 14 heteroatoms. The molecule has 0 bridgehead atoms. The average Bonchev–Trinajstić information content (AvgIpc) is 3.23. The number of nitrogens with one attached hydrogen (secondary N) is 4. The highest BCUT2D eigenvalue weighted by Gasteiger charge is 2.42. The molecule has 0 fully saturated rings. The maximum absolute atomic E-state index is 13.6. The van der Waals surface area contributed by atoms with Gasteiger partial charge < -0.3 is 41.3 Å². The normalized spacial score (nSPS) is 19.3. The van der Waals surface area contributed by atoms with E-state index < -0.39 is 35.4 Å². The molecule has 0 spiro atoms. The standard InChI is InChI=1S/C50H62Br2N6O6/c1-31(59)57-43-19-17-35(51)25-37(43)41(27-49(57,3)4)53-29-45(61)39(23-33-13-9-7-10-14-33)55-47(63)21-22-48(64)56-40(24-34-15-11-8-12-16-34)46(62)30-54-42-28-50(5,6)58(32(2)60)44-20-18-36(52)26-38(42)44/h7-20,25-26,39-42,45-46,53-54,61-62H,21-24,27-30H2,1-6H3,(H,55,63)(H,56,64)/t39-,40-,41-,42+,45-,46-/m0/s1. The summed E-state index contributed by atoms with van der Waals surface area (Å²) < 4.78 is 1.76. The number of aliphatic hydroxyl groups excluding tert-OH is 2. The third kappa shape index (κ3) is 12.3. The predicted molar refractivity (Wildman–Crippen MR) is 259 cm³/mol. The third-order valence-electron chi connectivity index (χ3n) is 12.4. The van der Waals surface area contributed by atoms with Crippen molar-refractivity contribution in [1.82, 2.24) is 21.3 Å². The van der Waals surface area contributed by atoms with Gasteiger partial charge in [-0.15, -0.1) is 0 Å². The quantitative estimate of drug-likeness (QED) is 0.0648. The largest absolute Gasteiger partial charge is 0.390 e. The Kier molecular flexibility index (Phi) is 16.3. The van der Waals surface area contributed by atoms with Gasteiger partial charge in [-0.25, -0.2) is 0 Å². The molecular weight excluding hydrogens is 940 g/mol. The Balaban J connectivity index is 1.10. The molecule has 4 aromatic rings. The van der Waals surface area contributed by atoms with E-state index in [1.807, 2.05) is 135 Å². The maximum atomic E-state index is 13.6. The summed E-state index contributed by atoms with van der Waals surface area (Å²) in [6.45, 7) is 11.6. The number of anilines is 2. The molecule has 0 saturated heterocycles. The first-order valence-corrected chi connectivity index (χ1v) is 23.6. The van der Waals surface area contributed by atoms with Crippen LogP contribution < -0.4 is 31.1 Å². The first-order chi connectivity index (χ1) is 30.3. The van der Waals surface area contributed by atoms with E-state index in [9.17, 15) is 29.4 Å². The second kappa shape index (κ2) is 21.2. The molecule has 4 aromatic carbocycles. The molecule has 0 radical (unpaired) electrons. The number of rotatable bonds is 17. The molecule has 6 rings (SSSR count). The lowest BCUT2D eigenvalue weighted by molar-refractivity contribution is -0.128. The summed E-state index contributed by atoms with van der Waals surface area (Å²) in [6.07, 6.45) is -0.299. The van der Waals surface area contributed by atoms with Gasteiger partial charge in [0.15, 0.2) is 0 Å². The van der Waals surface area contributed by atoms with Gasteiger partial charge in [0.25, 0.3) is 0 Å². The molecule has 4 amide bonds. The van der Waals surface area contributed by atoms with Crippen LogP contribution in [0.15, 0.2) is 106 Å². The number of fused-ring (bicyclic) bond motifs is 2. The van der Waals surface area contributed by atoms with E-state index in [2.05, 4.69) is 53.1 Å². The minimum atomic E-state index is -0.992. The molecule has 6 atom stereocenters. The Hall–Kier alpha value is -4.44.